The molecule has 2 aromatic heterocycles. The minimum atomic E-state index is -1.85. The molecule has 0 radical (unpaired) electrons. The number of nitrogens with zero attached hydrogens (tertiary/aromatic N) is 3. The predicted octanol–water partition coefficient (Wildman–Crippen LogP) is -0.170. The summed E-state index contributed by atoms with van der Waals surface area (Å²) in [7, 11) is -0.0323. The summed E-state index contributed by atoms with van der Waals surface area (Å²) in [5.41, 5.74) is 1.49. The van der Waals surface area contributed by atoms with E-state index >= 15 is 0 Å². The van der Waals surface area contributed by atoms with Crippen molar-refractivity contribution >= 4 is 7.32 Å². The van der Waals surface area contributed by atoms with Crippen LogP contribution in [-0.2, 0) is 7.05 Å². The van der Waals surface area contributed by atoms with Gasteiger partial charge in [0.1, 0.15) is 5.75 Å². The SMILES string of the molecule is Cn1ccc(-c2cncc(OB(O)O)c2)n1. The highest BCUT2D eigenvalue weighted by Crippen LogP contribution is 2.20. The molecule has 2 N–H and O–H groups in total. The molecule has 82 valence electrons. The van der Waals surface area contributed by atoms with Gasteiger partial charge in [-0.2, -0.15) is 5.10 Å². The van der Waals surface area contributed by atoms with Crippen LogP contribution < -0.4 is 4.65 Å². The summed E-state index contributed by atoms with van der Waals surface area (Å²) < 4.78 is 6.37. The van der Waals surface area contributed by atoms with Gasteiger partial charge in [0.25, 0.3) is 0 Å². The molecule has 2 aromatic rings. The molecule has 0 atom stereocenters. The van der Waals surface area contributed by atoms with E-state index in [1.807, 2.05) is 19.3 Å². The first kappa shape index (κ1) is 10.7. The third-order valence-electron chi connectivity index (χ3n) is 1.96. The minimum Gasteiger partial charge on any atom is -0.511 e. The minimum absolute atomic E-state index is 0.276. The van der Waals surface area contributed by atoms with Crippen molar-refractivity contribution < 1.29 is 14.7 Å². The molecule has 0 aromatic carbocycles. The molecule has 0 saturated carbocycles. The normalized spacial score (nSPS) is 10.2. The van der Waals surface area contributed by atoms with Crippen molar-refractivity contribution in [3.63, 3.8) is 0 Å². The first-order valence-corrected chi connectivity index (χ1v) is 4.63. The maximum absolute atomic E-state index is 8.66. The summed E-state index contributed by atoms with van der Waals surface area (Å²) in [6, 6.07) is 3.46. The second kappa shape index (κ2) is 4.34. The molecular formula is C9H10BN3O3. The van der Waals surface area contributed by atoms with Crippen LogP contribution in [0.3, 0.4) is 0 Å². The Morgan fingerprint density at radius 1 is 1.38 bits per heavy atom. The average Bonchev–Trinajstić information content (AvgIpc) is 2.64. The molecule has 0 aliphatic rings. The van der Waals surface area contributed by atoms with Crippen molar-refractivity contribution in [3.05, 3.63) is 30.7 Å². The zero-order valence-electron chi connectivity index (χ0n) is 8.61. The fourth-order valence-corrected chi connectivity index (χ4v) is 1.31. The number of pyridine rings is 1. The Morgan fingerprint density at radius 3 is 2.81 bits per heavy atom. The fraction of sp³-hybridized carbons (Fsp3) is 0.111. The molecule has 7 heteroatoms. The van der Waals surface area contributed by atoms with Crippen LogP contribution in [0.2, 0.25) is 0 Å². The molecule has 0 unspecified atom stereocenters. The monoisotopic (exact) mass is 219 g/mol. The summed E-state index contributed by atoms with van der Waals surface area (Å²) in [6.07, 6.45) is 4.83. The Morgan fingerprint density at radius 2 is 2.19 bits per heavy atom. The lowest BCUT2D eigenvalue weighted by molar-refractivity contribution is 0.288. The van der Waals surface area contributed by atoms with Gasteiger partial charge in [0.05, 0.1) is 11.9 Å². The summed E-state index contributed by atoms with van der Waals surface area (Å²) in [6.45, 7) is 0. The van der Waals surface area contributed by atoms with E-state index in [1.54, 1.807) is 16.9 Å². The Hall–Kier alpha value is -1.86. The first-order valence-electron chi connectivity index (χ1n) is 4.63. The largest absolute Gasteiger partial charge is 0.707 e. The van der Waals surface area contributed by atoms with Crippen LogP contribution in [0, 0.1) is 0 Å². The van der Waals surface area contributed by atoms with E-state index in [-0.39, 0.29) is 5.75 Å². The maximum atomic E-state index is 8.66. The second-order valence-electron chi connectivity index (χ2n) is 3.23. The highest BCUT2D eigenvalue weighted by Gasteiger charge is 2.12. The summed E-state index contributed by atoms with van der Waals surface area (Å²) in [5.74, 6) is 0.276. The van der Waals surface area contributed by atoms with E-state index in [0.717, 1.165) is 11.3 Å². The summed E-state index contributed by atoms with van der Waals surface area (Å²) in [5, 5.41) is 21.5. The lowest BCUT2D eigenvalue weighted by atomic mass is 10.2. The summed E-state index contributed by atoms with van der Waals surface area (Å²) >= 11 is 0. The third-order valence-corrected chi connectivity index (χ3v) is 1.96. The van der Waals surface area contributed by atoms with Crippen LogP contribution in [0.15, 0.2) is 30.7 Å². The van der Waals surface area contributed by atoms with Gasteiger partial charge >= 0.3 is 7.32 Å². The topological polar surface area (TPSA) is 80.4 Å². The Bertz CT molecular complexity index is 486. The molecule has 6 nitrogen and oxygen atoms in total. The van der Waals surface area contributed by atoms with Gasteiger partial charge in [0, 0.05) is 25.0 Å². The summed E-state index contributed by atoms with van der Waals surface area (Å²) in [4.78, 5) is 3.93. The molecule has 0 aliphatic heterocycles. The van der Waals surface area contributed by atoms with Crippen molar-refractivity contribution in [1.82, 2.24) is 14.8 Å². The zero-order chi connectivity index (χ0) is 11.5. The first-order chi connectivity index (χ1) is 7.65. The Kier molecular flexibility index (Phi) is 2.89. The van der Waals surface area contributed by atoms with Gasteiger partial charge in [-0.05, 0) is 12.1 Å². The number of rotatable bonds is 3. The van der Waals surface area contributed by atoms with Crippen molar-refractivity contribution in [3.8, 4) is 17.0 Å². The lowest BCUT2D eigenvalue weighted by Crippen LogP contribution is -2.20. The van der Waals surface area contributed by atoms with Crippen LogP contribution in [0.5, 0.6) is 5.75 Å². The van der Waals surface area contributed by atoms with Gasteiger partial charge in [-0.15, -0.1) is 0 Å². The van der Waals surface area contributed by atoms with E-state index in [9.17, 15) is 0 Å². The van der Waals surface area contributed by atoms with Gasteiger partial charge in [-0.25, -0.2) is 0 Å². The van der Waals surface area contributed by atoms with Gasteiger partial charge < -0.3 is 14.7 Å². The second-order valence-corrected chi connectivity index (χ2v) is 3.23. The van der Waals surface area contributed by atoms with Gasteiger partial charge in [0.15, 0.2) is 0 Å². The van der Waals surface area contributed by atoms with Gasteiger partial charge in [0.2, 0.25) is 0 Å². The van der Waals surface area contributed by atoms with E-state index in [4.69, 9.17) is 14.7 Å². The Balaban J connectivity index is 2.28. The molecule has 0 fully saturated rings. The number of hydrogen-bond donors (Lipinski definition) is 2. The van der Waals surface area contributed by atoms with Crippen LogP contribution in [-0.4, -0.2) is 32.1 Å². The van der Waals surface area contributed by atoms with Crippen molar-refractivity contribution in [1.29, 1.82) is 0 Å². The molecule has 0 spiro atoms. The van der Waals surface area contributed by atoms with Gasteiger partial charge in [-0.1, -0.05) is 0 Å². The fourth-order valence-electron chi connectivity index (χ4n) is 1.31. The highest BCUT2D eigenvalue weighted by molar-refractivity contribution is 6.33. The van der Waals surface area contributed by atoms with Crippen molar-refractivity contribution in [2.45, 2.75) is 0 Å². The quantitative estimate of drug-likeness (QED) is 0.700. The molecule has 2 heterocycles. The lowest BCUT2D eigenvalue weighted by Gasteiger charge is -2.04. The number of hydrogen-bond acceptors (Lipinski definition) is 5. The van der Waals surface area contributed by atoms with Crippen LogP contribution in [0.4, 0.5) is 0 Å². The third kappa shape index (κ3) is 2.39. The van der Waals surface area contributed by atoms with Crippen LogP contribution in [0.1, 0.15) is 0 Å². The molecular weight excluding hydrogens is 209 g/mol. The predicted molar refractivity (Wildman–Crippen MR) is 57.3 cm³/mol. The van der Waals surface area contributed by atoms with Crippen molar-refractivity contribution in [2.24, 2.45) is 7.05 Å². The van der Waals surface area contributed by atoms with Crippen LogP contribution >= 0.6 is 0 Å². The number of aromatic nitrogens is 3. The smallest absolute Gasteiger partial charge is 0.511 e. The van der Waals surface area contributed by atoms with Crippen LogP contribution in [0.25, 0.3) is 11.3 Å². The highest BCUT2D eigenvalue weighted by atomic mass is 16.6. The average molecular weight is 219 g/mol. The molecule has 0 aliphatic carbocycles. The van der Waals surface area contributed by atoms with E-state index in [1.165, 1.54) is 6.20 Å². The standard InChI is InChI=1S/C9H10BN3O3/c1-13-3-2-9(12-13)7-4-8(6-11-5-7)16-10(14)15/h2-6,14-15H,1H3. The molecule has 0 bridgehead atoms. The molecule has 0 amide bonds. The maximum Gasteiger partial charge on any atom is 0.707 e. The van der Waals surface area contributed by atoms with E-state index < -0.39 is 7.32 Å². The van der Waals surface area contributed by atoms with E-state index in [2.05, 4.69) is 10.1 Å². The van der Waals surface area contributed by atoms with E-state index in [0.29, 0.717) is 0 Å². The molecule has 0 saturated heterocycles. The zero-order valence-corrected chi connectivity index (χ0v) is 8.61. The van der Waals surface area contributed by atoms with Crippen molar-refractivity contribution in [2.75, 3.05) is 0 Å². The number of aryl methyl sites for hydroxylation is 1. The van der Waals surface area contributed by atoms with Gasteiger partial charge in [-0.3, -0.25) is 9.67 Å². The molecule has 16 heavy (non-hydrogen) atoms. The molecule has 2 rings (SSSR count). The Labute approximate surface area is 92.3 Å².